The molecule has 0 saturated heterocycles. The molecule has 24 heavy (non-hydrogen) atoms. The Morgan fingerprint density at radius 2 is 2.04 bits per heavy atom. The van der Waals surface area contributed by atoms with E-state index in [-0.39, 0.29) is 12.3 Å². The SMILES string of the molecule is Cc1cn(-c2ccccc2Cl)nc1NC(=O)CC1(O)CCCCC1. The summed E-state index contributed by atoms with van der Waals surface area (Å²) >= 11 is 6.19. The normalized spacial score (nSPS) is 16.8. The fourth-order valence-corrected chi connectivity index (χ4v) is 3.43. The van der Waals surface area contributed by atoms with Crippen molar-refractivity contribution in [1.29, 1.82) is 0 Å². The number of hydrogen-bond acceptors (Lipinski definition) is 3. The van der Waals surface area contributed by atoms with Crippen LogP contribution < -0.4 is 5.32 Å². The molecule has 2 aromatic rings. The van der Waals surface area contributed by atoms with Gasteiger partial charge in [-0.15, -0.1) is 5.10 Å². The number of aryl methyl sites for hydroxylation is 1. The van der Waals surface area contributed by atoms with Gasteiger partial charge in [-0.2, -0.15) is 0 Å². The highest BCUT2D eigenvalue weighted by Crippen LogP contribution is 2.31. The lowest BCUT2D eigenvalue weighted by Crippen LogP contribution is -2.36. The molecular formula is C18H22ClN3O2. The second-order valence-electron chi connectivity index (χ2n) is 6.57. The maximum Gasteiger partial charge on any atom is 0.228 e. The molecule has 0 spiro atoms. The Kier molecular flexibility index (Phi) is 4.92. The number of rotatable bonds is 4. The molecular weight excluding hydrogens is 326 g/mol. The van der Waals surface area contributed by atoms with Crippen LogP contribution in [-0.4, -0.2) is 26.4 Å². The lowest BCUT2D eigenvalue weighted by atomic mass is 9.82. The average Bonchev–Trinajstić information content (AvgIpc) is 2.88. The van der Waals surface area contributed by atoms with E-state index in [1.54, 1.807) is 10.7 Å². The number of nitrogens with one attached hydrogen (secondary N) is 1. The molecule has 3 rings (SSSR count). The minimum atomic E-state index is -0.873. The predicted octanol–water partition coefficient (Wildman–Crippen LogP) is 3.86. The zero-order valence-corrected chi connectivity index (χ0v) is 14.5. The summed E-state index contributed by atoms with van der Waals surface area (Å²) in [5.41, 5.74) is 0.731. The lowest BCUT2D eigenvalue weighted by molar-refractivity contribution is -0.122. The van der Waals surface area contributed by atoms with Crippen molar-refractivity contribution in [2.24, 2.45) is 0 Å². The van der Waals surface area contributed by atoms with E-state index in [1.807, 2.05) is 31.3 Å². The van der Waals surface area contributed by atoms with Gasteiger partial charge in [0.1, 0.15) is 0 Å². The van der Waals surface area contributed by atoms with Gasteiger partial charge in [0.15, 0.2) is 5.82 Å². The second kappa shape index (κ2) is 6.95. The van der Waals surface area contributed by atoms with E-state index in [1.165, 1.54) is 0 Å². The Morgan fingerprint density at radius 3 is 2.75 bits per heavy atom. The van der Waals surface area contributed by atoms with Crippen LogP contribution >= 0.6 is 11.6 Å². The number of benzene rings is 1. The first-order valence-corrected chi connectivity index (χ1v) is 8.68. The van der Waals surface area contributed by atoms with Crippen molar-refractivity contribution in [3.05, 3.63) is 41.0 Å². The third-order valence-electron chi connectivity index (χ3n) is 4.53. The Hall–Kier alpha value is -1.85. The minimum absolute atomic E-state index is 0.116. The molecule has 1 aliphatic carbocycles. The number of carbonyl (C=O) groups is 1. The van der Waals surface area contributed by atoms with Gasteiger partial charge >= 0.3 is 0 Å². The number of hydrogen-bond donors (Lipinski definition) is 2. The first kappa shape index (κ1) is 17.0. The number of anilines is 1. The summed E-state index contributed by atoms with van der Waals surface area (Å²) in [4.78, 5) is 12.3. The minimum Gasteiger partial charge on any atom is -0.389 e. The largest absolute Gasteiger partial charge is 0.389 e. The number of carbonyl (C=O) groups excluding carboxylic acids is 1. The molecule has 1 heterocycles. The Bertz CT molecular complexity index is 736. The molecule has 2 N–H and O–H groups in total. The Labute approximate surface area is 146 Å². The third-order valence-corrected chi connectivity index (χ3v) is 4.85. The van der Waals surface area contributed by atoms with Crippen LogP contribution in [0.5, 0.6) is 0 Å². The number of para-hydroxylation sites is 1. The molecule has 0 radical (unpaired) electrons. The van der Waals surface area contributed by atoms with Gasteiger partial charge in [0.2, 0.25) is 5.91 Å². The van der Waals surface area contributed by atoms with Crippen molar-refractivity contribution in [3.63, 3.8) is 0 Å². The highest BCUT2D eigenvalue weighted by atomic mass is 35.5. The van der Waals surface area contributed by atoms with E-state index in [0.717, 1.165) is 30.5 Å². The summed E-state index contributed by atoms with van der Waals surface area (Å²) in [6.07, 6.45) is 6.40. The molecule has 1 aromatic carbocycles. The van der Waals surface area contributed by atoms with Crippen molar-refractivity contribution in [2.45, 2.75) is 51.0 Å². The topological polar surface area (TPSA) is 67.2 Å². The van der Waals surface area contributed by atoms with Gasteiger partial charge in [0, 0.05) is 11.8 Å². The van der Waals surface area contributed by atoms with E-state index in [9.17, 15) is 9.90 Å². The number of halogens is 1. The molecule has 0 unspecified atom stereocenters. The van der Waals surface area contributed by atoms with Crippen molar-refractivity contribution < 1.29 is 9.90 Å². The summed E-state index contributed by atoms with van der Waals surface area (Å²) in [5, 5.41) is 18.3. The third kappa shape index (κ3) is 3.79. The standard InChI is InChI=1S/C18H22ClN3O2/c1-13-12-22(15-8-4-3-7-14(15)19)21-17(13)20-16(23)11-18(24)9-5-2-6-10-18/h3-4,7-8,12,24H,2,5-6,9-11H2,1H3,(H,20,21,23). The average molecular weight is 348 g/mol. The van der Waals surface area contributed by atoms with E-state index in [0.29, 0.717) is 23.7 Å². The second-order valence-corrected chi connectivity index (χ2v) is 6.97. The van der Waals surface area contributed by atoms with Crippen molar-refractivity contribution in [1.82, 2.24) is 9.78 Å². The Balaban J connectivity index is 1.72. The van der Waals surface area contributed by atoms with Crippen molar-refractivity contribution in [2.75, 3.05) is 5.32 Å². The van der Waals surface area contributed by atoms with E-state index in [2.05, 4.69) is 10.4 Å². The van der Waals surface area contributed by atoms with Gasteiger partial charge in [-0.25, -0.2) is 4.68 Å². The molecule has 128 valence electrons. The molecule has 5 nitrogen and oxygen atoms in total. The van der Waals surface area contributed by atoms with Crippen LogP contribution in [0.15, 0.2) is 30.5 Å². The summed E-state index contributed by atoms with van der Waals surface area (Å²) in [6.45, 7) is 1.88. The number of nitrogens with zero attached hydrogens (tertiary/aromatic N) is 2. The summed E-state index contributed by atoms with van der Waals surface area (Å²) < 4.78 is 1.66. The fourth-order valence-electron chi connectivity index (χ4n) is 3.21. The van der Waals surface area contributed by atoms with Crippen molar-refractivity contribution >= 4 is 23.3 Å². The quantitative estimate of drug-likeness (QED) is 0.882. The maximum absolute atomic E-state index is 12.3. The van der Waals surface area contributed by atoms with Crippen LogP contribution in [0.1, 0.15) is 44.1 Å². The molecule has 1 fully saturated rings. The lowest BCUT2D eigenvalue weighted by Gasteiger charge is -2.31. The number of aliphatic hydroxyl groups is 1. The molecule has 0 bridgehead atoms. The van der Waals surface area contributed by atoms with E-state index < -0.39 is 5.60 Å². The first-order chi connectivity index (χ1) is 11.5. The van der Waals surface area contributed by atoms with Crippen LogP contribution in [0, 0.1) is 6.92 Å². The van der Waals surface area contributed by atoms with Crippen LogP contribution in [0.4, 0.5) is 5.82 Å². The maximum atomic E-state index is 12.3. The summed E-state index contributed by atoms with van der Waals surface area (Å²) in [7, 11) is 0. The van der Waals surface area contributed by atoms with Crippen LogP contribution in [0.25, 0.3) is 5.69 Å². The predicted molar refractivity (Wildman–Crippen MR) is 94.6 cm³/mol. The molecule has 6 heteroatoms. The molecule has 0 aliphatic heterocycles. The zero-order valence-electron chi connectivity index (χ0n) is 13.8. The van der Waals surface area contributed by atoms with Gasteiger partial charge in [0.25, 0.3) is 0 Å². The zero-order chi connectivity index (χ0) is 17.2. The summed E-state index contributed by atoms with van der Waals surface area (Å²) in [5.74, 6) is 0.297. The highest BCUT2D eigenvalue weighted by Gasteiger charge is 2.32. The fraction of sp³-hybridized carbons (Fsp3) is 0.444. The van der Waals surface area contributed by atoms with E-state index in [4.69, 9.17) is 11.6 Å². The van der Waals surface area contributed by atoms with Gasteiger partial charge in [-0.3, -0.25) is 4.79 Å². The molecule has 1 amide bonds. The molecule has 1 aliphatic rings. The highest BCUT2D eigenvalue weighted by molar-refractivity contribution is 6.32. The molecule has 0 atom stereocenters. The van der Waals surface area contributed by atoms with Crippen LogP contribution in [0.2, 0.25) is 5.02 Å². The Morgan fingerprint density at radius 1 is 1.33 bits per heavy atom. The van der Waals surface area contributed by atoms with Crippen molar-refractivity contribution in [3.8, 4) is 5.69 Å². The van der Waals surface area contributed by atoms with E-state index >= 15 is 0 Å². The van der Waals surface area contributed by atoms with Gasteiger partial charge in [-0.05, 0) is 31.9 Å². The number of amides is 1. The van der Waals surface area contributed by atoms with Gasteiger partial charge in [-0.1, -0.05) is 43.0 Å². The monoisotopic (exact) mass is 347 g/mol. The first-order valence-electron chi connectivity index (χ1n) is 8.30. The summed E-state index contributed by atoms with van der Waals surface area (Å²) in [6, 6.07) is 7.40. The van der Waals surface area contributed by atoms with Gasteiger partial charge in [0.05, 0.1) is 22.7 Å². The number of aromatic nitrogens is 2. The smallest absolute Gasteiger partial charge is 0.228 e. The molecule has 1 saturated carbocycles. The van der Waals surface area contributed by atoms with Crippen LogP contribution in [-0.2, 0) is 4.79 Å². The van der Waals surface area contributed by atoms with Crippen LogP contribution in [0.3, 0.4) is 0 Å². The molecule has 1 aromatic heterocycles. The van der Waals surface area contributed by atoms with Gasteiger partial charge < -0.3 is 10.4 Å².